The molecule has 2 aliphatic heterocycles. The van der Waals surface area contributed by atoms with E-state index in [1.165, 1.54) is 78.1 Å². The molecule has 2 atom stereocenters. The van der Waals surface area contributed by atoms with Gasteiger partial charge in [0.05, 0.1) is 64.0 Å². The SMILES string of the molecule is COC(=O)c1ccc2c(C3CCCCC3)c3n(c2c1)CC(C(=O)OC)N(C)c1ccccc1-3.COC(=O)c1ccc2c(C3CCCCC3)c3n(c2c1)CC(C(=O)OC)Nc1ccccc1-3. The molecule has 65 heavy (non-hydrogen) atoms. The number of para-hydroxylation sites is 2. The molecule has 4 aliphatic rings. The molecule has 2 aliphatic carbocycles. The molecule has 10 rings (SSSR count). The highest BCUT2D eigenvalue weighted by molar-refractivity contribution is 6.02. The minimum atomic E-state index is -0.529. The molecule has 338 valence electrons. The zero-order chi connectivity index (χ0) is 45.4. The average Bonchev–Trinajstić information content (AvgIpc) is 3.74. The smallest absolute Gasteiger partial charge is 0.337 e. The van der Waals surface area contributed by atoms with Crippen LogP contribution in [-0.4, -0.2) is 80.6 Å². The van der Waals surface area contributed by atoms with Crippen LogP contribution in [-0.2, 0) is 41.6 Å². The Bertz CT molecular complexity index is 2790. The Morgan fingerprint density at radius 3 is 1.58 bits per heavy atom. The number of carbonyl (C=O) groups excluding carboxylic acids is 4. The fourth-order valence-electron chi connectivity index (χ4n) is 11.1. The van der Waals surface area contributed by atoms with E-state index in [0.717, 1.165) is 81.4 Å². The first-order chi connectivity index (χ1) is 31.7. The molecule has 2 fully saturated rings. The minimum absolute atomic E-state index is 0.273. The lowest BCUT2D eigenvalue weighted by molar-refractivity contribution is -0.143. The zero-order valence-electron chi connectivity index (χ0n) is 38.0. The van der Waals surface area contributed by atoms with Crippen LogP contribution in [0.25, 0.3) is 44.3 Å². The lowest BCUT2D eigenvalue weighted by Gasteiger charge is -2.27. The van der Waals surface area contributed by atoms with Crippen LogP contribution in [0.3, 0.4) is 0 Å². The standard InChI is InChI=1S/C27H30N2O4.C26H28N2O4/c1-28-21-12-8-7-11-20(21)25-24(17-9-5-4-6-10-17)19-14-13-18(26(30)32-2)15-22(19)29(25)16-23(28)27(31)33-3;1-31-25(29)17-12-13-19-22(14-17)28-15-21(26(30)32-2)27-20-11-7-6-10-18(20)24(28)23(19)16-8-4-3-5-9-16/h7-8,11-15,17,23H,4-6,9-10,16H2,1-3H3;6-7,10-14,16,21,27H,3-5,8-9,15H2,1-2H3. The molecule has 0 amide bonds. The lowest BCUT2D eigenvalue weighted by Crippen LogP contribution is -2.41. The van der Waals surface area contributed by atoms with Crippen LogP contribution in [0.1, 0.15) is 108 Å². The number of nitrogens with zero attached hydrogens (tertiary/aromatic N) is 3. The predicted molar refractivity (Wildman–Crippen MR) is 253 cm³/mol. The number of nitrogens with one attached hydrogen (secondary N) is 1. The van der Waals surface area contributed by atoms with E-state index >= 15 is 0 Å². The van der Waals surface area contributed by atoms with Gasteiger partial charge in [0, 0.05) is 51.4 Å². The van der Waals surface area contributed by atoms with E-state index in [2.05, 4.69) is 50.8 Å². The summed E-state index contributed by atoms with van der Waals surface area (Å²) in [5.74, 6) is -0.396. The largest absolute Gasteiger partial charge is 0.467 e. The first-order valence-electron chi connectivity index (χ1n) is 23.0. The van der Waals surface area contributed by atoms with Gasteiger partial charge in [0.2, 0.25) is 0 Å². The van der Waals surface area contributed by atoms with Gasteiger partial charge in [-0.25, -0.2) is 19.2 Å². The Labute approximate surface area is 379 Å². The minimum Gasteiger partial charge on any atom is -0.467 e. The number of methoxy groups -OCH3 is 4. The van der Waals surface area contributed by atoms with Crippen molar-refractivity contribution in [3.8, 4) is 22.5 Å². The van der Waals surface area contributed by atoms with Gasteiger partial charge >= 0.3 is 23.9 Å². The Morgan fingerprint density at radius 2 is 1.05 bits per heavy atom. The number of esters is 4. The van der Waals surface area contributed by atoms with Gasteiger partial charge in [-0.05, 0) is 85.0 Å². The van der Waals surface area contributed by atoms with Crippen molar-refractivity contribution in [3.63, 3.8) is 0 Å². The average molecular weight is 879 g/mol. The fraction of sp³-hybridized carbons (Fsp3) is 0.396. The van der Waals surface area contributed by atoms with Crippen molar-refractivity contribution in [2.45, 2.75) is 101 Å². The van der Waals surface area contributed by atoms with Crippen LogP contribution in [0.15, 0.2) is 84.9 Å². The van der Waals surface area contributed by atoms with Gasteiger partial charge in [-0.1, -0.05) is 87.1 Å². The predicted octanol–water partition coefficient (Wildman–Crippen LogP) is 10.2. The van der Waals surface area contributed by atoms with E-state index in [4.69, 9.17) is 18.9 Å². The maximum Gasteiger partial charge on any atom is 0.337 e. The molecule has 1 N–H and O–H groups in total. The van der Waals surface area contributed by atoms with E-state index in [9.17, 15) is 19.2 Å². The van der Waals surface area contributed by atoms with Crippen LogP contribution in [0.2, 0.25) is 0 Å². The molecule has 0 radical (unpaired) electrons. The number of hydrogen-bond donors (Lipinski definition) is 1. The molecule has 2 saturated carbocycles. The molecule has 12 nitrogen and oxygen atoms in total. The number of aromatic nitrogens is 2. The summed E-state index contributed by atoms with van der Waals surface area (Å²) in [6.45, 7) is 0.867. The summed E-state index contributed by atoms with van der Waals surface area (Å²) >= 11 is 0. The zero-order valence-corrected chi connectivity index (χ0v) is 38.0. The van der Waals surface area contributed by atoms with Crippen molar-refractivity contribution in [2.75, 3.05) is 45.7 Å². The van der Waals surface area contributed by atoms with Crippen LogP contribution >= 0.6 is 0 Å². The normalized spacial score (nSPS) is 18.3. The number of benzene rings is 4. The number of hydrogen-bond acceptors (Lipinski definition) is 10. The van der Waals surface area contributed by atoms with Gasteiger partial charge in [-0.3, -0.25) is 0 Å². The Kier molecular flexibility index (Phi) is 12.4. The molecular weight excluding hydrogens is 821 g/mol. The van der Waals surface area contributed by atoms with Gasteiger partial charge < -0.3 is 38.3 Å². The van der Waals surface area contributed by atoms with Gasteiger partial charge in [0.25, 0.3) is 0 Å². The van der Waals surface area contributed by atoms with Gasteiger partial charge in [0.1, 0.15) is 12.1 Å². The van der Waals surface area contributed by atoms with Crippen LogP contribution in [0.4, 0.5) is 11.4 Å². The number of likely N-dealkylation sites (N-methyl/N-ethyl adjacent to an activating group) is 1. The van der Waals surface area contributed by atoms with Crippen LogP contribution < -0.4 is 10.2 Å². The number of fused-ring (bicyclic) bond motifs is 10. The second kappa shape index (κ2) is 18.5. The number of carbonyl (C=O) groups is 4. The third-order valence-corrected chi connectivity index (χ3v) is 14.3. The summed E-state index contributed by atoms with van der Waals surface area (Å²) in [5, 5.41) is 5.71. The third-order valence-electron chi connectivity index (χ3n) is 14.3. The molecule has 2 unspecified atom stereocenters. The highest BCUT2D eigenvalue weighted by atomic mass is 16.5. The first-order valence-corrected chi connectivity index (χ1v) is 23.0. The van der Waals surface area contributed by atoms with Crippen molar-refractivity contribution >= 4 is 57.1 Å². The highest BCUT2D eigenvalue weighted by Gasteiger charge is 2.37. The topological polar surface area (TPSA) is 130 Å². The summed E-state index contributed by atoms with van der Waals surface area (Å²) in [6, 6.07) is 27.1. The van der Waals surface area contributed by atoms with Crippen molar-refractivity contribution in [2.24, 2.45) is 0 Å². The molecule has 6 aromatic rings. The molecule has 4 heterocycles. The summed E-state index contributed by atoms with van der Waals surface area (Å²) in [4.78, 5) is 52.2. The van der Waals surface area contributed by atoms with Crippen molar-refractivity contribution in [1.82, 2.24) is 9.13 Å². The second-order valence-corrected chi connectivity index (χ2v) is 17.8. The number of anilines is 2. The highest BCUT2D eigenvalue weighted by Crippen LogP contribution is 2.49. The van der Waals surface area contributed by atoms with E-state index in [1.54, 1.807) is 0 Å². The molecule has 4 aromatic carbocycles. The summed E-state index contributed by atoms with van der Waals surface area (Å²) < 4.78 is 24.7. The Hall–Kier alpha value is -6.56. The third kappa shape index (κ3) is 7.91. The maximum absolute atomic E-state index is 12.9. The summed E-state index contributed by atoms with van der Waals surface area (Å²) in [7, 11) is 7.60. The second-order valence-electron chi connectivity index (χ2n) is 17.8. The first kappa shape index (κ1) is 43.7. The Morgan fingerprint density at radius 1 is 0.554 bits per heavy atom. The molecule has 0 saturated heterocycles. The van der Waals surface area contributed by atoms with Crippen LogP contribution in [0.5, 0.6) is 0 Å². The molecule has 0 bridgehead atoms. The molecular formula is C53H58N4O8. The molecule has 0 spiro atoms. The summed E-state index contributed by atoms with van der Waals surface area (Å²) in [5.41, 5.74) is 12.0. The lowest BCUT2D eigenvalue weighted by atomic mass is 9.81. The van der Waals surface area contributed by atoms with Crippen molar-refractivity contribution in [1.29, 1.82) is 0 Å². The molecule has 12 heteroatoms. The van der Waals surface area contributed by atoms with Gasteiger partial charge in [0.15, 0.2) is 0 Å². The van der Waals surface area contributed by atoms with Crippen molar-refractivity contribution in [3.05, 3.63) is 107 Å². The van der Waals surface area contributed by atoms with E-state index in [0.29, 0.717) is 36.1 Å². The number of ether oxygens (including phenoxy) is 4. The maximum atomic E-state index is 12.9. The quantitative estimate of drug-likeness (QED) is 0.127. The van der Waals surface area contributed by atoms with Crippen LogP contribution in [0, 0.1) is 0 Å². The van der Waals surface area contributed by atoms with E-state index in [-0.39, 0.29) is 23.9 Å². The Balaban J connectivity index is 0.000000164. The van der Waals surface area contributed by atoms with E-state index in [1.807, 2.05) is 60.5 Å². The van der Waals surface area contributed by atoms with Crippen molar-refractivity contribution < 1.29 is 38.1 Å². The summed E-state index contributed by atoms with van der Waals surface area (Å²) in [6.07, 6.45) is 12.1. The van der Waals surface area contributed by atoms with Gasteiger partial charge in [-0.2, -0.15) is 0 Å². The monoisotopic (exact) mass is 878 g/mol. The number of rotatable bonds is 6. The van der Waals surface area contributed by atoms with E-state index < -0.39 is 12.1 Å². The van der Waals surface area contributed by atoms with Gasteiger partial charge in [-0.15, -0.1) is 0 Å². The fourth-order valence-corrected chi connectivity index (χ4v) is 11.1. The molecule has 2 aromatic heterocycles.